The van der Waals surface area contributed by atoms with Crippen molar-refractivity contribution < 1.29 is 4.74 Å². The number of nitrogen functional groups attached to an aromatic ring is 1. The number of ether oxygens (including phenoxy) is 1. The first kappa shape index (κ1) is 11.8. The Bertz CT molecular complexity index is 453. The minimum atomic E-state index is 0.407. The van der Waals surface area contributed by atoms with Gasteiger partial charge in [0.25, 0.3) is 0 Å². The molecule has 1 saturated heterocycles. The first-order chi connectivity index (χ1) is 8.84. The standard InChI is InChI=1S/C10H16N6OS/c11-8-13-9(15-3-5-17-6-4-15)14-16(8)10-12-2-1-7-18-10/h1-7H2,(H2,11,13,14). The monoisotopic (exact) mass is 268 g/mol. The Morgan fingerprint density at radius 2 is 2.11 bits per heavy atom. The van der Waals surface area contributed by atoms with Crippen LogP contribution in [0.3, 0.4) is 0 Å². The SMILES string of the molecule is Nc1nc(N2CCOCC2)nn1C1=NCCCS1. The number of morpholine rings is 1. The molecule has 0 bridgehead atoms. The third-order valence-electron chi connectivity index (χ3n) is 2.88. The largest absolute Gasteiger partial charge is 0.378 e. The minimum absolute atomic E-state index is 0.407. The van der Waals surface area contributed by atoms with Crippen LogP contribution in [0.1, 0.15) is 6.42 Å². The van der Waals surface area contributed by atoms with Crippen LogP contribution < -0.4 is 10.6 Å². The smallest absolute Gasteiger partial charge is 0.247 e. The second-order valence-electron chi connectivity index (χ2n) is 4.15. The maximum absolute atomic E-state index is 5.92. The third-order valence-corrected chi connectivity index (χ3v) is 3.93. The molecule has 0 unspecified atom stereocenters. The van der Waals surface area contributed by atoms with E-state index < -0.39 is 0 Å². The number of aromatic nitrogens is 3. The number of anilines is 2. The van der Waals surface area contributed by atoms with E-state index in [-0.39, 0.29) is 0 Å². The molecule has 1 aromatic rings. The Labute approximate surface area is 109 Å². The van der Waals surface area contributed by atoms with E-state index in [9.17, 15) is 0 Å². The molecule has 0 saturated carbocycles. The van der Waals surface area contributed by atoms with Gasteiger partial charge in [0.1, 0.15) is 0 Å². The summed E-state index contributed by atoms with van der Waals surface area (Å²) in [5.74, 6) is 2.14. The van der Waals surface area contributed by atoms with E-state index in [1.165, 1.54) is 0 Å². The van der Waals surface area contributed by atoms with Gasteiger partial charge in [-0.3, -0.25) is 4.99 Å². The Morgan fingerprint density at radius 1 is 1.28 bits per heavy atom. The van der Waals surface area contributed by atoms with Gasteiger partial charge in [0.15, 0.2) is 5.17 Å². The molecular formula is C10H16N6OS. The van der Waals surface area contributed by atoms with Crippen molar-refractivity contribution in [3.8, 4) is 0 Å². The molecule has 18 heavy (non-hydrogen) atoms. The van der Waals surface area contributed by atoms with Crippen LogP contribution in [0.4, 0.5) is 11.9 Å². The zero-order chi connectivity index (χ0) is 12.4. The predicted molar refractivity (Wildman–Crippen MR) is 72.2 cm³/mol. The molecule has 0 radical (unpaired) electrons. The molecule has 1 fully saturated rings. The van der Waals surface area contributed by atoms with Gasteiger partial charge in [0, 0.05) is 25.4 Å². The number of thioether (sulfide) groups is 1. The van der Waals surface area contributed by atoms with Crippen molar-refractivity contribution in [3.63, 3.8) is 0 Å². The molecule has 0 amide bonds. The van der Waals surface area contributed by atoms with Gasteiger partial charge in [-0.2, -0.15) is 9.67 Å². The third kappa shape index (κ3) is 2.30. The molecule has 8 heteroatoms. The number of aliphatic imine (C=N–C) groups is 1. The number of hydrogen-bond acceptors (Lipinski definition) is 7. The van der Waals surface area contributed by atoms with Gasteiger partial charge in [-0.1, -0.05) is 11.8 Å². The van der Waals surface area contributed by atoms with Gasteiger partial charge < -0.3 is 15.4 Å². The fraction of sp³-hybridized carbons (Fsp3) is 0.700. The quantitative estimate of drug-likeness (QED) is 0.774. The minimum Gasteiger partial charge on any atom is -0.378 e. The summed E-state index contributed by atoms with van der Waals surface area (Å²) in [5.41, 5.74) is 5.92. The molecule has 2 N–H and O–H groups in total. The summed E-state index contributed by atoms with van der Waals surface area (Å²) in [4.78, 5) is 10.8. The summed E-state index contributed by atoms with van der Waals surface area (Å²) in [6.07, 6.45) is 1.11. The van der Waals surface area contributed by atoms with Crippen molar-refractivity contribution in [1.82, 2.24) is 14.8 Å². The van der Waals surface area contributed by atoms with E-state index >= 15 is 0 Å². The second-order valence-corrected chi connectivity index (χ2v) is 5.21. The summed E-state index contributed by atoms with van der Waals surface area (Å²) in [5, 5.41) is 5.31. The van der Waals surface area contributed by atoms with Crippen LogP contribution >= 0.6 is 11.8 Å². The van der Waals surface area contributed by atoms with Crippen molar-refractivity contribution in [1.29, 1.82) is 0 Å². The molecule has 3 heterocycles. The second kappa shape index (κ2) is 5.15. The van der Waals surface area contributed by atoms with Crippen molar-refractivity contribution in [2.24, 2.45) is 4.99 Å². The van der Waals surface area contributed by atoms with Crippen LogP contribution in [-0.4, -0.2) is 58.5 Å². The van der Waals surface area contributed by atoms with E-state index in [1.807, 2.05) is 0 Å². The first-order valence-corrected chi connectivity index (χ1v) is 7.06. The lowest BCUT2D eigenvalue weighted by Crippen LogP contribution is -2.37. The predicted octanol–water partition coefficient (Wildman–Crippen LogP) is 0.0379. The molecule has 7 nitrogen and oxygen atoms in total. The van der Waals surface area contributed by atoms with Crippen molar-refractivity contribution >= 4 is 28.8 Å². The molecule has 2 aliphatic heterocycles. The molecule has 2 aliphatic rings. The number of hydrogen-bond donors (Lipinski definition) is 1. The Balaban J connectivity index is 1.83. The molecular weight excluding hydrogens is 252 g/mol. The molecule has 3 rings (SSSR count). The maximum atomic E-state index is 5.92. The highest BCUT2D eigenvalue weighted by atomic mass is 32.2. The lowest BCUT2D eigenvalue weighted by atomic mass is 10.4. The van der Waals surface area contributed by atoms with Crippen LogP contribution in [0.15, 0.2) is 4.99 Å². The fourth-order valence-corrected chi connectivity index (χ4v) is 2.82. The summed E-state index contributed by atoms with van der Waals surface area (Å²) in [6, 6.07) is 0. The van der Waals surface area contributed by atoms with Crippen LogP contribution in [0.2, 0.25) is 0 Å². The lowest BCUT2D eigenvalue weighted by molar-refractivity contribution is 0.122. The highest BCUT2D eigenvalue weighted by molar-refractivity contribution is 8.13. The van der Waals surface area contributed by atoms with Crippen molar-refractivity contribution in [3.05, 3.63) is 0 Å². The molecule has 0 atom stereocenters. The molecule has 98 valence electrons. The van der Waals surface area contributed by atoms with Gasteiger partial charge in [-0.05, 0) is 6.42 Å². The van der Waals surface area contributed by atoms with Crippen molar-refractivity contribution in [2.45, 2.75) is 6.42 Å². The summed E-state index contributed by atoms with van der Waals surface area (Å²) in [6.45, 7) is 3.88. The Hall–Kier alpha value is -1.28. The molecule has 1 aromatic heterocycles. The van der Waals surface area contributed by atoms with E-state index in [0.717, 1.165) is 37.0 Å². The van der Waals surface area contributed by atoms with Crippen LogP contribution in [0, 0.1) is 0 Å². The van der Waals surface area contributed by atoms with Gasteiger partial charge in [0.2, 0.25) is 11.9 Å². The van der Waals surface area contributed by atoms with Crippen LogP contribution in [-0.2, 0) is 4.74 Å². The summed E-state index contributed by atoms with van der Waals surface area (Å²) >= 11 is 1.68. The topological polar surface area (TPSA) is 81.6 Å². The molecule has 0 aromatic carbocycles. The molecule has 0 spiro atoms. The van der Waals surface area contributed by atoms with E-state index in [2.05, 4.69) is 20.0 Å². The zero-order valence-electron chi connectivity index (χ0n) is 10.1. The maximum Gasteiger partial charge on any atom is 0.247 e. The van der Waals surface area contributed by atoms with Crippen LogP contribution in [0.5, 0.6) is 0 Å². The highest BCUT2D eigenvalue weighted by Gasteiger charge is 2.20. The normalized spacial score (nSPS) is 20.9. The number of nitrogens with zero attached hydrogens (tertiary/aromatic N) is 5. The summed E-state index contributed by atoms with van der Waals surface area (Å²) < 4.78 is 6.96. The van der Waals surface area contributed by atoms with E-state index in [1.54, 1.807) is 16.4 Å². The zero-order valence-corrected chi connectivity index (χ0v) is 10.9. The van der Waals surface area contributed by atoms with Gasteiger partial charge in [-0.25, -0.2) is 0 Å². The molecule has 0 aliphatic carbocycles. The number of rotatable bonds is 1. The van der Waals surface area contributed by atoms with Gasteiger partial charge in [-0.15, -0.1) is 5.10 Å². The average molecular weight is 268 g/mol. The van der Waals surface area contributed by atoms with Gasteiger partial charge >= 0.3 is 0 Å². The fourth-order valence-electron chi connectivity index (χ4n) is 1.93. The van der Waals surface area contributed by atoms with E-state index in [4.69, 9.17) is 10.5 Å². The first-order valence-electron chi connectivity index (χ1n) is 6.07. The summed E-state index contributed by atoms with van der Waals surface area (Å²) in [7, 11) is 0. The highest BCUT2D eigenvalue weighted by Crippen LogP contribution is 2.19. The Kier molecular flexibility index (Phi) is 3.37. The van der Waals surface area contributed by atoms with Crippen LogP contribution in [0.25, 0.3) is 0 Å². The Morgan fingerprint density at radius 3 is 2.83 bits per heavy atom. The lowest BCUT2D eigenvalue weighted by Gasteiger charge is -2.25. The average Bonchev–Trinajstić information content (AvgIpc) is 2.83. The number of nitrogens with two attached hydrogens (primary N) is 1. The van der Waals surface area contributed by atoms with Crippen molar-refractivity contribution in [2.75, 3.05) is 49.2 Å². The van der Waals surface area contributed by atoms with E-state index in [0.29, 0.717) is 25.1 Å². The van der Waals surface area contributed by atoms with Gasteiger partial charge in [0.05, 0.1) is 13.2 Å².